The molecule has 4 heterocycles. The number of nitrogens with zero attached hydrogens (tertiary/aromatic N) is 6. The smallest absolute Gasteiger partial charge is 0.238 e. The van der Waals surface area contributed by atoms with Gasteiger partial charge in [0, 0.05) is 51.1 Å². The van der Waals surface area contributed by atoms with Gasteiger partial charge in [-0.15, -0.1) is 0 Å². The van der Waals surface area contributed by atoms with Gasteiger partial charge in [0.05, 0.1) is 16.6 Å². The van der Waals surface area contributed by atoms with E-state index in [0.29, 0.717) is 17.6 Å². The van der Waals surface area contributed by atoms with Crippen molar-refractivity contribution in [3.05, 3.63) is 133 Å². The van der Waals surface area contributed by atoms with Crippen LogP contribution in [-0.2, 0) is 12.8 Å². The lowest BCUT2D eigenvalue weighted by molar-refractivity contribution is 0.661. The highest BCUT2D eigenvalue weighted by atomic mass is 15.2. The standard InChI is InChI=1S/C38H28N6/c1-4-12-25(13-5-1)36-40-37(26-14-6-2-7-15-26)42-38(41-36)44-32-19-11-10-18-28(32)29-22-30-31-24-39-21-20-33(31)43(34(30)23-35(29)44)27-16-8-3-9-17-27/h1-9,12-17,20-24H,10-11,18-19H2. The number of aromatic nitrogens is 6. The molecule has 0 radical (unpaired) electrons. The number of para-hydroxylation sites is 1. The van der Waals surface area contributed by atoms with E-state index < -0.39 is 0 Å². The normalized spacial score (nSPS) is 13.1. The second-order valence-electron chi connectivity index (χ2n) is 11.4. The molecule has 0 bridgehead atoms. The van der Waals surface area contributed by atoms with Crippen molar-refractivity contribution in [2.75, 3.05) is 0 Å². The van der Waals surface area contributed by atoms with E-state index in [4.69, 9.17) is 15.0 Å². The molecule has 6 heteroatoms. The molecule has 0 N–H and O–H groups in total. The summed E-state index contributed by atoms with van der Waals surface area (Å²) >= 11 is 0. The Morgan fingerprint density at radius 2 is 1.16 bits per heavy atom. The fraction of sp³-hybridized carbons (Fsp3) is 0.105. The summed E-state index contributed by atoms with van der Waals surface area (Å²) in [6.07, 6.45) is 8.23. The van der Waals surface area contributed by atoms with E-state index in [1.807, 2.05) is 48.8 Å². The average molecular weight is 569 g/mol. The molecule has 0 saturated carbocycles. The highest BCUT2D eigenvalue weighted by Crippen LogP contribution is 2.40. The van der Waals surface area contributed by atoms with Crippen LogP contribution < -0.4 is 0 Å². The van der Waals surface area contributed by atoms with Crippen molar-refractivity contribution in [1.82, 2.24) is 29.1 Å². The number of benzene rings is 4. The second-order valence-corrected chi connectivity index (χ2v) is 11.4. The molecule has 4 aromatic heterocycles. The predicted molar refractivity (Wildman–Crippen MR) is 176 cm³/mol. The Bertz CT molecular complexity index is 2260. The van der Waals surface area contributed by atoms with Gasteiger partial charge in [0.25, 0.3) is 0 Å². The van der Waals surface area contributed by atoms with Crippen LogP contribution in [0.5, 0.6) is 0 Å². The first-order valence-corrected chi connectivity index (χ1v) is 15.2. The van der Waals surface area contributed by atoms with Gasteiger partial charge in [0.15, 0.2) is 11.6 Å². The minimum atomic E-state index is 0.661. The highest BCUT2D eigenvalue weighted by molar-refractivity contribution is 6.13. The minimum Gasteiger partial charge on any atom is -0.309 e. The Kier molecular flexibility index (Phi) is 5.66. The molecule has 9 rings (SSSR count). The molecule has 0 unspecified atom stereocenters. The summed E-state index contributed by atoms with van der Waals surface area (Å²) in [5.41, 5.74) is 9.18. The van der Waals surface area contributed by atoms with Gasteiger partial charge in [-0.1, -0.05) is 78.9 Å². The third-order valence-corrected chi connectivity index (χ3v) is 8.86. The third kappa shape index (κ3) is 3.88. The number of hydrogen-bond donors (Lipinski definition) is 0. The largest absolute Gasteiger partial charge is 0.309 e. The molecular weight excluding hydrogens is 540 g/mol. The van der Waals surface area contributed by atoms with E-state index >= 15 is 0 Å². The molecule has 8 aromatic rings. The fourth-order valence-electron chi connectivity index (χ4n) is 6.88. The van der Waals surface area contributed by atoms with Crippen LogP contribution in [-0.4, -0.2) is 29.1 Å². The van der Waals surface area contributed by atoms with Gasteiger partial charge in [0.1, 0.15) is 0 Å². The number of aryl methyl sites for hydroxylation is 1. The van der Waals surface area contributed by atoms with Gasteiger partial charge >= 0.3 is 0 Å². The zero-order valence-electron chi connectivity index (χ0n) is 24.1. The Morgan fingerprint density at radius 3 is 1.86 bits per heavy atom. The quantitative estimate of drug-likeness (QED) is 0.214. The summed E-state index contributed by atoms with van der Waals surface area (Å²) in [6.45, 7) is 0. The second kappa shape index (κ2) is 9.99. The number of hydrogen-bond acceptors (Lipinski definition) is 4. The zero-order valence-corrected chi connectivity index (χ0v) is 24.1. The molecule has 1 aliphatic carbocycles. The van der Waals surface area contributed by atoms with Crippen molar-refractivity contribution in [2.24, 2.45) is 0 Å². The summed E-state index contributed by atoms with van der Waals surface area (Å²) in [5.74, 6) is 2.01. The van der Waals surface area contributed by atoms with Crippen LogP contribution in [0.1, 0.15) is 24.1 Å². The topological polar surface area (TPSA) is 61.4 Å². The van der Waals surface area contributed by atoms with Crippen molar-refractivity contribution >= 4 is 32.7 Å². The maximum absolute atomic E-state index is 5.16. The lowest BCUT2D eigenvalue weighted by Gasteiger charge is -2.16. The van der Waals surface area contributed by atoms with Crippen LogP contribution in [0.4, 0.5) is 0 Å². The molecule has 6 nitrogen and oxygen atoms in total. The molecule has 0 atom stereocenters. The zero-order chi connectivity index (χ0) is 29.0. The van der Waals surface area contributed by atoms with Crippen molar-refractivity contribution in [2.45, 2.75) is 25.7 Å². The van der Waals surface area contributed by atoms with Crippen LogP contribution in [0.2, 0.25) is 0 Å². The first-order chi connectivity index (χ1) is 21.8. The molecular formula is C38H28N6. The fourth-order valence-corrected chi connectivity index (χ4v) is 6.88. The first kappa shape index (κ1) is 24.9. The minimum absolute atomic E-state index is 0.661. The highest BCUT2D eigenvalue weighted by Gasteiger charge is 2.25. The molecule has 1 aliphatic rings. The first-order valence-electron chi connectivity index (χ1n) is 15.2. The van der Waals surface area contributed by atoms with Crippen LogP contribution in [0.15, 0.2) is 122 Å². The Balaban J connectivity index is 1.39. The molecule has 0 spiro atoms. The van der Waals surface area contributed by atoms with Gasteiger partial charge in [-0.25, -0.2) is 4.98 Å². The van der Waals surface area contributed by atoms with Gasteiger partial charge in [-0.2, -0.15) is 9.97 Å². The molecule has 0 saturated heterocycles. The van der Waals surface area contributed by atoms with Crippen molar-refractivity contribution in [3.63, 3.8) is 0 Å². The summed E-state index contributed by atoms with van der Waals surface area (Å²) in [5, 5.41) is 3.63. The third-order valence-electron chi connectivity index (χ3n) is 8.86. The lowest BCUT2D eigenvalue weighted by atomic mass is 9.95. The van der Waals surface area contributed by atoms with Gasteiger partial charge < -0.3 is 4.57 Å². The van der Waals surface area contributed by atoms with Crippen molar-refractivity contribution in [1.29, 1.82) is 0 Å². The number of rotatable bonds is 4. The average Bonchev–Trinajstić information content (AvgIpc) is 3.60. The molecule has 44 heavy (non-hydrogen) atoms. The maximum atomic E-state index is 5.16. The van der Waals surface area contributed by atoms with Crippen LogP contribution in [0.3, 0.4) is 0 Å². The van der Waals surface area contributed by atoms with Crippen LogP contribution >= 0.6 is 0 Å². The summed E-state index contributed by atoms with van der Waals surface area (Å²) < 4.78 is 4.66. The van der Waals surface area contributed by atoms with E-state index in [-0.39, 0.29) is 0 Å². The molecule has 0 fully saturated rings. The Hall–Kier alpha value is -5.62. The maximum Gasteiger partial charge on any atom is 0.238 e. The van der Waals surface area contributed by atoms with E-state index in [1.54, 1.807) is 0 Å². The van der Waals surface area contributed by atoms with Gasteiger partial charge in [0.2, 0.25) is 5.95 Å². The molecule has 4 aromatic carbocycles. The summed E-state index contributed by atoms with van der Waals surface area (Å²) in [4.78, 5) is 19.8. The van der Waals surface area contributed by atoms with Crippen molar-refractivity contribution < 1.29 is 0 Å². The SMILES string of the molecule is c1ccc(-c2nc(-c3ccccc3)nc(-n3c4c(c5cc6c7cnccc7n(-c7ccccc7)c6cc53)CCCC4)n2)cc1. The van der Waals surface area contributed by atoms with Crippen LogP contribution in [0, 0.1) is 0 Å². The Labute approximate surface area is 254 Å². The van der Waals surface area contributed by atoms with E-state index in [0.717, 1.165) is 58.0 Å². The van der Waals surface area contributed by atoms with E-state index in [2.05, 4.69) is 86.9 Å². The molecule has 0 aliphatic heterocycles. The van der Waals surface area contributed by atoms with Crippen molar-refractivity contribution in [3.8, 4) is 34.4 Å². The van der Waals surface area contributed by atoms with Crippen LogP contribution in [0.25, 0.3) is 67.1 Å². The molecule has 210 valence electrons. The number of fused-ring (bicyclic) bond motifs is 6. The Morgan fingerprint density at radius 1 is 0.523 bits per heavy atom. The summed E-state index contributed by atoms with van der Waals surface area (Å²) in [6, 6.07) is 37.8. The van der Waals surface area contributed by atoms with Gasteiger partial charge in [-0.05, 0) is 61.6 Å². The number of pyridine rings is 1. The lowest BCUT2D eigenvalue weighted by Crippen LogP contribution is -2.11. The summed E-state index contributed by atoms with van der Waals surface area (Å²) in [7, 11) is 0. The monoisotopic (exact) mass is 568 g/mol. The molecule has 0 amide bonds. The van der Waals surface area contributed by atoms with E-state index in [1.165, 1.54) is 28.5 Å². The predicted octanol–water partition coefficient (Wildman–Crippen LogP) is 8.52. The van der Waals surface area contributed by atoms with E-state index in [9.17, 15) is 0 Å². The van der Waals surface area contributed by atoms with Gasteiger partial charge in [-0.3, -0.25) is 9.55 Å².